The molecule has 0 fully saturated rings. The van der Waals surface area contributed by atoms with E-state index in [1.165, 1.54) is 0 Å². The first-order chi connectivity index (χ1) is 6.50. The number of nitrogen functional groups attached to an aromatic ring is 1. The highest BCUT2D eigenvalue weighted by atomic mass is 35.5. The lowest BCUT2D eigenvalue weighted by Gasteiger charge is -2.15. The molecule has 14 heavy (non-hydrogen) atoms. The Morgan fingerprint density at radius 1 is 1.43 bits per heavy atom. The molecule has 2 N–H and O–H groups in total. The summed E-state index contributed by atoms with van der Waals surface area (Å²) in [4.78, 5) is 4.21. The summed E-state index contributed by atoms with van der Waals surface area (Å²) >= 11 is 7.46. The van der Waals surface area contributed by atoms with E-state index < -0.39 is 0 Å². The van der Waals surface area contributed by atoms with Crippen LogP contribution in [0.2, 0.25) is 5.02 Å². The van der Waals surface area contributed by atoms with Gasteiger partial charge >= 0.3 is 0 Å². The fraction of sp³-hybridized carbons (Fsp3) is 0.500. The standard InChI is InChI=1S/C10H15ClN2S/c1-6(2)7(3)14-10-9(12)4-8(11)5-13-10/h4-7H,12H2,1-3H3. The van der Waals surface area contributed by atoms with Crippen molar-refractivity contribution in [2.45, 2.75) is 31.0 Å². The quantitative estimate of drug-likeness (QED) is 0.809. The molecule has 2 nitrogen and oxygen atoms in total. The number of halogens is 1. The summed E-state index contributed by atoms with van der Waals surface area (Å²) in [6.07, 6.45) is 1.63. The number of hydrogen-bond acceptors (Lipinski definition) is 3. The molecule has 78 valence electrons. The van der Waals surface area contributed by atoms with Crippen LogP contribution in [-0.2, 0) is 0 Å². The number of pyridine rings is 1. The van der Waals surface area contributed by atoms with E-state index in [0.29, 0.717) is 21.9 Å². The predicted molar refractivity (Wildman–Crippen MR) is 63.8 cm³/mol. The third kappa shape index (κ3) is 3.07. The van der Waals surface area contributed by atoms with Crippen molar-refractivity contribution in [1.29, 1.82) is 0 Å². The van der Waals surface area contributed by atoms with Crippen LogP contribution in [0.15, 0.2) is 17.3 Å². The van der Waals surface area contributed by atoms with Crippen LogP contribution in [0, 0.1) is 5.92 Å². The smallest absolute Gasteiger partial charge is 0.119 e. The molecule has 0 radical (unpaired) electrons. The van der Waals surface area contributed by atoms with Crippen molar-refractivity contribution in [3.05, 3.63) is 17.3 Å². The van der Waals surface area contributed by atoms with E-state index in [-0.39, 0.29) is 0 Å². The van der Waals surface area contributed by atoms with Crippen molar-refractivity contribution in [2.24, 2.45) is 5.92 Å². The van der Waals surface area contributed by atoms with Crippen LogP contribution in [0.4, 0.5) is 5.69 Å². The lowest BCUT2D eigenvalue weighted by molar-refractivity contribution is 0.641. The molecule has 0 aliphatic heterocycles. The molecular formula is C10H15ClN2S. The number of nitrogens with two attached hydrogens (primary N) is 1. The molecule has 0 saturated heterocycles. The summed E-state index contributed by atoms with van der Waals surface area (Å²) in [5, 5.41) is 1.96. The lowest BCUT2D eigenvalue weighted by atomic mass is 10.2. The van der Waals surface area contributed by atoms with Crippen LogP contribution in [0.5, 0.6) is 0 Å². The van der Waals surface area contributed by atoms with Gasteiger partial charge in [0, 0.05) is 11.4 Å². The van der Waals surface area contributed by atoms with Gasteiger partial charge in [0.1, 0.15) is 5.03 Å². The molecule has 1 rings (SSSR count). The molecule has 1 aromatic rings. The maximum Gasteiger partial charge on any atom is 0.119 e. The summed E-state index contributed by atoms with van der Waals surface area (Å²) < 4.78 is 0. The minimum atomic E-state index is 0.506. The van der Waals surface area contributed by atoms with Crippen LogP contribution < -0.4 is 5.73 Å². The summed E-state index contributed by atoms with van der Waals surface area (Å²) in [6, 6.07) is 1.74. The van der Waals surface area contributed by atoms with Crippen molar-refractivity contribution < 1.29 is 0 Å². The van der Waals surface area contributed by atoms with Crippen LogP contribution in [-0.4, -0.2) is 10.2 Å². The zero-order chi connectivity index (χ0) is 10.7. The van der Waals surface area contributed by atoms with Gasteiger partial charge in [0.05, 0.1) is 10.7 Å². The Morgan fingerprint density at radius 3 is 2.57 bits per heavy atom. The Bertz CT molecular complexity index is 315. The van der Waals surface area contributed by atoms with Gasteiger partial charge in [0.15, 0.2) is 0 Å². The third-order valence-corrected chi connectivity index (χ3v) is 3.77. The van der Waals surface area contributed by atoms with Gasteiger partial charge in [-0.25, -0.2) is 4.98 Å². The van der Waals surface area contributed by atoms with E-state index in [1.807, 2.05) is 0 Å². The number of anilines is 1. The van der Waals surface area contributed by atoms with Crippen LogP contribution in [0.3, 0.4) is 0 Å². The maximum absolute atomic E-state index is 5.80. The van der Waals surface area contributed by atoms with Gasteiger partial charge in [-0.05, 0) is 12.0 Å². The average molecular weight is 231 g/mol. The van der Waals surface area contributed by atoms with Crippen LogP contribution in [0.25, 0.3) is 0 Å². The second-order valence-electron chi connectivity index (χ2n) is 3.61. The highest BCUT2D eigenvalue weighted by Gasteiger charge is 2.11. The minimum absolute atomic E-state index is 0.506. The zero-order valence-electron chi connectivity index (χ0n) is 8.62. The van der Waals surface area contributed by atoms with E-state index in [4.69, 9.17) is 17.3 Å². The minimum Gasteiger partial charge on any atom is -0.396 e. The van der Waals surface area contributed by atoms with Crippen molar-refractivity contribution in [3.63, 3.8) is 0 Å². The van der Waals surface area contributed by atoms with E-state index in [1.54, 1.807) is 24.0 Å². The van der Waals surface area contributed by atoms with Crippen molar-refractivity contribution >= 4 is 29.1 Å². The summed E-state index contributed by atoms with van der Waals surface area (Å²) in [5.41, 5.74) is 6.46. The summed E-state index contributed by atoms with van der Waals surface area (Å²) in [5.74, 6) is 0.608. The van der Waals surface area contributed by atoms with Gasteiger partial charge in [0.2, 0.25) is 0 Å². The number of thioether (sulfide) groups is 1. The first kappa shape index (κ1) is 11.7. The van der Waals surface area contributed by atoms with Gasteiger partial charge in [0.25, 0.3) is 0 Å². The van der Waals surface area contributed by atoms with E-state index in [2.05, 4.69) is 25.8 Å². The molecule has 1 atom stereocenters. The summed E-state index contributed by atoms with van der Waals surface area (Å²) in [6.45, 7) is 6.54. The largest absolute Gasteiger partial charge is 0.396 e. The highest BCUT2D eigenvalue weighted by molar-refractivity contribution is 8.00. The first-order valence-corrected chi connectivity index (χ1v) is 5.84. The molecule has 0 saturated carbocycles. The second kappa shape index (κ2) is 4.89. The predicted octanol–water partition coefficient (Wildman–Crippen LogP) is 3.45. The molecular weight excluding hydrogens is 216 g/mol. The number of hydrogen-bond donors (Lipinski definition) is 1. The Hall–Kier alpha value is -0.410. The van der Waals surface area contributed by atoms with Gasteiger partial charge in [-0.1, -0.05) is 32.4 Å². The molecule has 1 aromatic heterocycles. The molecule has 0 amide bonds. The van der Waals surface area contributed by atoms with E-state index >= 15 is 0 Å². The molecule has 0 aliphatic carbocycles. The SMILES string of the molecule is CC(C)C(C)Sc1ncc(Cl)cc1N. The van der Waals surface area contributed by atoms with Crippen molar-refractivity contribution in [2.75, 3.05) is 5.73 Å². The molecule has 0 spiro atoms. The van der Waals surface area contributed by atoms with E-state index in [0.717, 1.165) is 5.03 Å². The van der Waals surface area contributed by atoms with Gasteiger partial charge in [-0.15, -0.1) is 11.8 Å². The Kier molecular flexibility index (Phi) is 4.08. The zero-order valence-corrected chi connectivity index (χ0v) is 10.2. The first-order valence-electron chi connectivity index (χ1n) is 4.58. The molecule has 1 unspecified atom stereocenters. The monoisotopic (exact) mass is 230 g/mol. The van der Waals surface area contributed by atoms with Crippen LogP contribution in [0.1, 0.15) is 20.8 Å². The Balaban J connectivity index is 2.77. The van der Waals surface area contributed by atoms with Gasteiger partial charge < -0.3 is 5.73 Å². The average Bonchev–Trinajstić information content (AvgIpc) is 2.09. The fourth-order valence-electron chi connectivity index (χ4n) is 0.853. The molecule has 0 aliphatic rings. The second-order valence-corrected chi connectivity index (χ2v) is 5.42. The number of nitrogens with zero attached hydrogens (tertiary/aromatic N) is 1. The molecule has 1 heterocycles. The lowest BCUT2D eigenvalue weighted by Crippen LogP contribution is -2.06. The highest BCUT2D eigenvalue weighted by Crippen LogP contribution is 2.31. The fourth-order valence-corrected chi connectivity index (χ4v) is 1.95. The number of rotatable bonds is 3. The van der Waals surface area contributed by atoms with E-state index in [9.17, 15) is 0 Å². The number of aromatic nitrogens is 1. The topological polar surface area (TPSA) is 38.9 Å². The third-order valence-electron chi connectivity index (χ3n) is 2.08. The Labute approximate surface area is 94.2 Å². The molecule has 0 aromatic carbocycles. The van der Waals surface area contributed by atoms with Crippen molar-refractivity contribution in [3.8, 4) is 0 Å². The normalized spacial score (nSPS) is 13.2. The van der Waals surface area contributed by atoms with Crippen LogP contribution >= 0.6 is 23.4 Å². The Morgan fingerprint density at radius 2 is 2.07 bits per heavy atom. The van der Waals surface area contributed by atoms with Gasteiger partial charge in [-0.3, -0.25) is 0 Å². The van der Waals surface area contributed by atoms with Gasteiger partial charge in [-0.2, -0.15) is 0 Å². The molecule has 4 heteroatoms. The molecule has 0 bridgehead atoms. The summed E-state index contributed by atoms with van der Waals surface area (Å²) in [7, 11) is 0. The van der Waals surface area contributed by atoms with Crippen molar-refractivity contribution in [1.82, 2.24) is 4.98 Å². The maximum atomic E-state index is 5.80.